The lowest BCUT2D eigenvalue weighted by Crippen LogP contribution is -2.33. The molecule has 0 amide bonds. The summed E-state index contributed by atoms with van der Waals surface area (Å²) < 4.78 is 0. The Morgan fingerprint density at radius 3 is 1.50 bits per heavy atom. The van der Waals surface area contributed by atoms with E-state index in [1.54, 1.807) is 6.92 Å². The first-order chi connectivity index (χ1) is 8.15. The van der Waals surface area contributed by atoms with Gasteiger partial charge in [-0.25, -0.2) is 0 Å². The predicted octanol–water partition coefficient (Wildman–Crippen LogP) is 2.16. The van der Waals surface area contributed by atoms with Crippen LogP contribution in [0.15, 0.2) is 60.7 Å². The van der Waals surface area contributed by atoms with Crippen LogP contribution in [0.1, 0.15) is 18.1 Å². The van der Waals surface area contributed by atoms with E-state index in [2.05, 4.69) is 0 Å². The quantitative estimate of drug-likeness (QED) is 0.850. The molecule has 0 fully saturated rings. The van der Waals surface area contributed by atoms with Crippen molar-refractivity contribution in [3.8, 4) is 0 Å². The molecule has 0 saturated heterocycles. The Balaban J connectivity index is 0.00000162. The van der Waals surface area contributed by atoms with Crippen LogP contribution in [0.5, 0.6) is 0 Å². The summed E-state index contributed by atoms with van der Waals surface area (Å²) in [6, 6.07) is 18.6. The molecule has 0 aliphatic heterocycles. The fourth-order valence-electron chi connectivity index (χ4n) is 1.96. The molecular formula is C15H16MgO2. The summed E-state index contributed by atoms with van der Waals surface area (Å²) in [5.74, 6) is -0.838. The third-order valence-electron chi connectivity index (χ3n) is 3.13. The van der Waals surface area contributed by atoms with Crippen LogP contribution in [0.3, 0.4) is 0 Å². The molecule has 0 aromatic heterocycles. The minimum absolute atomic E-state index is 0. The Kier molecular flexibility index (Phi) is 4.93. The number of carboxylic acid groups (broad SMARTS) is 1. The maximum Gasteiger partial charge on any atom is 0.318 e. The fraction of sp³-hybridized carbons (Fsp3) is 0.133. The van der Waals surface area contributed by atoms with Crippen molar-refractivity contribution in [3.63, 3.8) is 0 Å². The molecule has 0 bridgehead atoms. The monoisotopic (exact) mass is 252 g/mol. The standard InChI is InChI=1S/C15H14O2.Mg.2H/c1-15(14(16)17,12-8-4-2-5-9-12)13-10-6-3-7-11-13;;;/h2-11H,1H3,(H,16,17);;;. The van der Waals surface area contributed by atoms with Crippen molar-refractivity contribution in [2.45, 2.75) is 12.3 Å². The predicted molar refractivity (Wildman–Crippen MR) is 75.5 cm³/mol. The second-order valence-electron chi connectivity index (χ2n) is 4.16. The van der Waals surface area contributed by atoms with Crippen LogP contribution in [0, 0.1) is 0 Å². The molecule has 90 valence electrons. The highest BCUT2D eigenvalue weighted by Crippen LogP contribution is 2.31. The second-order valence-corrected chi connectivity index (χ2v) is 4.16. The van der Waals surface area contributed by atoms with Gasteiger partial charge in [0.1, 0.15) is 5.41 Å². The van der Waals surface area contributed by atoms with E-state index in [9.17, 15) is 9.90 Å². The van der Waals surface area contributed by atoms with Gasteiger partial charge in [-0.3, -0.25) is 4.79 Å². The molecule has 0 radical (unpaired) electrons. The largest absolute Gasteiger partial charge is 0.480 e. The van der Waals surface area contributed by atoms with Gasteiger partial charge in [0, 0.05) is 0 Å². The van der Waals surface area contributed by atoms with Crippen LogP contribution in [0.2, 0.25) is 0 Å². The summed E-state index contributed by atoms with van der Waals surface area (Å²) >= 11 is 0. The van der Waals surface area contributed by atoms with Gasteiger partial charge in [0.05, 0.1) is 0 Å². The van der Waals surface area contributed by atoms with E-state index in [1.807, 2.05) is 60.7 Å². The van der Waals surface area contributed by atoms with Gasteiger partial charge in [0.25, 0.3) is 0 Å². The van der Waals surface area contributed by atoms with E-state index < -0.39 is 11.4 Å². The summed E-state index contributed by atoms with van der Waals surface area (Å²) in [5, 5.41) is 9.54. The first-order valence-electron chi connectivity index (χ1n) is 5.50. The molecular weight excluding hydrogens is 236 g/mol. The number of hydrogen-bond donors (Lipinski definition) is 1. The molecule has 1 N–H and O–H groups in total. The van der Waals surface area contributed by atoms with Crippen LogP contribution in [0.25, 0.3) is 0 Å². The normalized spacial score (nSPS) is 10.5. The number of carboxylic acids is 1. The Bertz CT molecular complexity index is 469. The van der Waals surface area contributed by atoms with E-state index >= 15 is 0 Å². The van der Waals surface area contributed by atoms with E-state index in [0.29, 0.717) is 0 Å². The zero-order valence-electron chi connectivity index (χ0n) is 9.63. The summed E-state index contributed by atoms with van der Waals surface area (Å²) in [5.41, 5.74) is 0.583. The number of aliphatic carboxylic acids is 1. The summed E-state index contributed by atoms with van der Waals surface area (Å²) in [7, 11) is 0. The number of carbonyl (C=O) groups is 1. The molecule has 2 aromatic rings. The molecule has 2 aromatic carbocycles. The average molecular weight is 253 g/mol. The first kappa shape index (κ1) is 14.7. The molecule has 0 spiro atoms. The van der Waals surface area contributed by atoms with Gasteiger partial charge >= 0.3 is 29.0 Å². The van der Waals surface area contributed by atoms with E-state index in [1.165, 1.54) is 0 Å². The van der Waals surface area contributed by atoms with Crippen LogP contribution < -0.4 is 0 Å². The molecule has 2 nitrogen and oxygen atoms in total. The molecule has 0 saturated carbocycles. The highest BCUT2D eigenvalue weighted by Gasteiger charge is 2.36. The topological polar surface area (TPSA) is 37.3 Å². The third-order valence-corrected chi connectivity index (χ3v) is 3.13. The molecule has 0 atom stereocenters. The SMILES string of the molecule is CC(C(=O)O)(c1ccccc1)c1ccccc1.[MgH2]. The molecule has 2 rings (SSSR count). The fourth-order valence-corrected chi connectivity index (χ4v) is 1.96. The van der Waals surface area contributed by atoms with Crippen molar-refractivity contribution in [1.82, 2.24) is 0 Å². The highest BCUT2D eigenvalue weighted by atomic mass is 24.3. The van der Waals surface area contributed by atoms with Gasteiger partial charge in [-0.2, -0.15) is 0 Å². The summed E-state index contributed by atoms with van der Waals surface area (Å²) in [4.78, 5) is 11.6. The van der Waals surface area contributed by atoms with Crippen molar-refractivity contribution in [2.24, 2.45) is 0 Å². The zero-order valence-corrected chi connectivity index (χ0v) is 9.63. The molecule has 0 aliphatic carbocycles. The lowest BCUT2D eigenvalue weighted by atomic mass is 9.76. The first-order valence-corrected chi connectivity index (χ1v) is 5.50. The number of rotatable bonds is 3. The smallest absolute Gasteiger partial charge is 0.318 e. The Hall–Kier alpha value is -1.32. The van der Waals surface area contributed by atoms with E-state index in [-0.39, 0.29) is 23.1 Å². The van der Waals surface area contributed by atoms with Gasteiger partial charge in [0.2, 0.25) is 0 Å². The lowest BCUT2D eigenvalue weighted by molar-refractivity contribution is -0.141. The van der Waals surface area contributed by atoms with Crippen molar-refractivity contribution < 1.29 is 9.90 Å². The van der Waals surface area contributed by atoms with Crippen molar-refractivity contribution >= 4 is 29.0 Å². The maximum atomic E-state index is 11.6. The third kappa shape index (κ3) is 2.57. The maximum absolute atomic E-state index is 11.6. The van der Waals surface area contributed by atoms with Gasteiger partial charge < -0.3 is 5.11 Å². The number of hydrogen-bond acceptors (Lipinski definition) is 1. The minimum Gasteiger partial charge on any atom is -0.480 e. The van der Waals surface area contributed by atoms with Gasteiger partial charge in [-0.15, -0.1) is 0 Å². The highest BCUT2D eigenvalue weighted by molar-refractivity contribution is 5.85. The van der Waals surface area contributed by atoms with Crippen molar-refractivity contribution in [2.75, 3.05) is 0 Å². The lowest BCUT2D eigenvalue weighted by Gasteiger charge is -2.25. The zero-order chi connectivity index (χ0) is 12.3. The van der Waals surface area contributed by atoms with Crippen LogP contribution >= 0.6 is 0 Å². The molecule has 0 aliphatic rings. The van der Waals surface area contributed by atoms with E-state index in [4.69, 9.17) is 0 Å². The minimum atomic E-state index is -0.998. The Morgan fingerprint density at radius 1 is 0.889 bits per heavy atom. The molecule has 18 heavy (non-hydrogen) atoms. The van der Waals surface area contributed by atoms with Crippen LogP contribution in [-0.4, -0.2) is 34.1 Å². The summed E-state index contributed by atoms with van der Waals surface area (Å²) in [6.45, 7) is 1.74. The molecule has 0 heterocycles. The van der Waals surface area contributed by atoms with Crippen molar-refractivity contribution in [1.29, 1.82) is 0 Å². The Morgan fingerprint density at radius 2 is 1.22 bits per heavy atom. The van der Waals surface area contributed by atoms with Crippen molar-refractivity contribution in [3.05, 3.63) is 71.8 Å². The van der Waals surface area contributed by atoms with E-state index in [0.717, 1.165) is 11.1 Å². The number of benzene rings is 2. The van der Waals surface area contributed by atoms with Crippen LogP contribution in [-0.2, 0) is 10.2 Å². The second kappa shape index (κ2) is 6.02. The summed E-state index contributed by atoms with van der Waals surface area (Å²) in [6.07, 6.45) is 0. The van der Waals surface area contributed by atoms with Gasteiger partial charge in [-0.05, 0) is 18.1 Å². The molecule has 0 unspecified atom stereocenters. The van der Waals surface area contributed by atoms with Crippen LogP contribution in [0.4, 0.5) is 0 Å². The average Bonchev–Trinajstić information content (AvgIpc) is 2.39. The van der Waals surface area contributed by atoms with Gasteiger partial charge in [-0.1, -0.05) is 60.7 Å². The molecule has 3 heteroatoms. The van der Waals surface area contributed by atoms with Gasteiger partial charge in [0.15, 0.2) is 0 Å². The Labute approximate surface area is 123 Å².